The number of nitrogens with zero attached hydrogens (tertiary/aromatic N) is 4. The van der Waals surface area contributed by atoms with Crippen LogP contribution in [0.15, 0.2) is 36.7 Å². The van der Waals surface area contributed by atoms with Crippen molar-refractivity contribution in [3.8, 4) is 5.88 Å². The molecule has 2 aromatic rings. The number of ether oxygens (including phenoxy) is 1. The Morgan fingerprint density at radius 3 is 2.74 bits per heavy atom. The molecular formula is C16H17FN4O2. The van der Waals surface area contributed by atoms with Crippen LogP contribution in [0, 0.1) is 5.82 Å². The number of anilines is 1. The molecule has 1 amide bonds. The van der Waals surface area contributed by atoms with E-state index in [0.29, 0.717) is 30.4 Å². The second-order valence-corrected chi connectivity index (χ2v) is 5.22. The molecule has 0 saturated carbocycles. The van der Waals surface area contributed by atoms with E-state index in [4.69, 9.17) is 4.74 Å². The third-order valence-electron chi connectivity index (χ3n) is 3.78. The summed E-state index contributed by atoms with van der Waals surface area (Å²) in [7, 11) is 1.52. The number of hydrogen-bond acceptors (Lipinski definition) is 5. The molecule has 1 aromatic heterocycles. The molecule has 3 rings (SSSR count). The topological polar surface area (TPSA) is 58.6 Å². The number of hydrogen-bond donors (Lipinski definition) is 0. The van der Waals surface area contributed by atoms with Crippen molar-refractivity contribution in [2.75, 3.05) is 31.6 Å². The first kappa shape index (κ1) is 15.2. The molecule has 0 atom stereocenters. The number of halogens is 1. The Balaban J connectivity index is 1.70. The van der Waals surface area contributed by atoms with Crippen molar-refractivity contribution in [3.63, 3.8) is 0 Å². The van der Waals surface area contributed by atoms with Gasteiger partial charge in [-0.25, -0.2) is 14.4 Å². The molecule has 1 saturated heterocycles. The number of methoxy groups -OCH3 is 1. The highest BCUT2D eigenvalue weighted by Gasteiger charge is 2.27. The number of carbonyl (C=O) groups excluding carboxylic acids is 1. The Labute approximate surface area is 133 Å². The predicted molar refractivity (Wildman–Crippen MR) is 82.6 cm³/mol. The van der Waals surface area contributed by atoms with Gasteiger partial charge in [0.1, 0.15) is 5.82 Å². The standard InChI is InChI=1S/C16H17FN4O2/c1-23-16-15(18-6-7-19-16)21-9-8-20(14(22)11-21)10-12-4-2-3-5-13(12)17/h2-7H,8-11H2,1H3. The van der Waals surface area contributed by atoms with Crippen LogP contribution in [0.25, 0.3) is 0 Å². The zero-order valence-electron chi connectivity index (χ0n) is 12.8. The summed E-state index contributed by atoms with van der Waals surface area (Å²) in [5.41, 5.74) is 0.520. The van der Waals surface area contributed by atoms with Crippen LogP contribution in [0.3, 0.4) is 0 Å². The van der Waals surface area contributed by atoms with Gasteiger partial charge in [-0.2, -0.15) is 0 Å². The highest BCUT2D eigenvalue weighted by Crippen LogP contribution is 2.24. The number of carbonyl (C=O) groups is 1. The molecule has 6 nitrogen and oxygen atoms in total. The molecule has 1 aliphatic rings. The molecule has 1 aliphatic heterocycles. The molecule has 0 radical (unpaired) electrons. The van der Waals surface area contributed by atoms with Crippen LogP contribution in [0.5, 0.6) is 5.88 Å². The number of aromatic nitrogens is 2. The van der Waals surface area contributed by atoms with E-state index in [0.717, 1.165) is 0 Å². The van der Waals surface area contributed by atoms with Crippen molar-refractivity contribution >= 4 is 11.7 Å². The molecule has 120 valence electrons. The number of rotatable bonds is 4. The fourth-order valence-electron chi connectivity index (χ4n) is 2.57. The molecule has 23 heavy (non-hydrogen) atoms. The summed E-state index contributed by atoms with van der Waals surface area (Å²) in [5.74, 6) is 0.572. The number of piperazine rings is 1. The van der Waals surface area contributed by atoms with Crippen LogP contribution in [0.4, 0.5) is 10.2 Å². The largest absolute Gasteiger partial charge is 0.478 e. The predicted octanol–water partition coefficient (Wildman–Crippen LogP) is 1.47. The summed E-state index contributed by atoms with van der Waals surface area (Å²) >= 11 is 0. The first-order chi connectivity index (χ1) is 11.2. The molecular weight excluding hydrogens is 299 g/mol. The molecule has 0 bridgehead atoms. The first-order valence-electron chi connectivity index (χ1n) is 7.30. The van der Waals surface area contributed by atoms with E-state index in [1.165, 1.54) is 13.2 Å². The van der Waals surface area contributed by atoms with Crippen molar-refractivity contribution in [2.24, 2.45) is 0 Å². The third kappa shape index (κ3) is 3.23. The van der Waals surface area contributed by atoms with Crippen LogP contribution >= 0.6 is 0 Å². The SMILES string of the molecule is COc1nccnc1N1CCN(Cc2ccccc2F)C(=O)C1. The van der Waals surface area contributed by atoms with Crippen LogP contribution in [-0.2, 0) is 11.3 Å². The maximum atomic E-state index is 13.7. The van der Waals surface area contributed by atoms with Gasteiger partial charge in [-0.05, 0) is 6.07 Å². The monoisotopic (exact) mass is 316 g/mol. The average molecular weight is 316 g/mol. The van der Waals surface area contributed by atoms with Crippen molar-refractivity contribution in [3.05, 3.63) is 48.0 Å². The van der Waals surface area contributed by atoms with Gasteiger partial charge >= 0.3 is 0 Å². The van der Waals surface area contributed by atoms with E-state index in [2.05, 4.69) is 9.97 Å². The van der Waals surface area contributed by atoms with Gasteiger partial charge in [-0.1, -0.05) is 18.2 Å². The van der Waals surface area contributed by atoms with Crippen molar-refractivity contribution in [2.45, 2.75) is 6.54 Å². The fraction of sp³-hybridized carbons (Fsp3) is 0.312. The highest BCUT2D eigenvalue weighted by molar-refractivity contribution is 5.82. The van der Waals surface area contributed by atoms with Crippen LogP contribution in [0.2, 0.25) is 0 Å². The van der Waals surface area contributed by atoms with Crippen LogP contribution in [-0.4, -0.2) is 47.5 Å². The minimum absolute atomic E-state index is 0.0767. The Morgan fingerprint density at radius 1 is 1.22 bits per heavy atom. The van der Waals surface area contributed by atoms with E-state index >= 15 is 0 Å². The summed E-state index contributed by atoms with van der Waals surface area (Å²) < 4.78 is 18.9. The second kappa shape index (κ2) is 6.60. The Hall–Kier alpha value is -2.70. The van der Waals surface area contributed by atoms with Crippen LogP contribution in [0.1, 0.15) is 5.56 Å². The van der Waals surface area contributed by atoms with Gasteiger partial charge in [0, 0.05) is 37.6 Å². The normalized spacial score (nSPS) is 15.0. The molecule has 0 unspecified atom stereocenters. The summed E-state index contributed by atoms with van der Waals surface area (Å²) in [6.07, 6.45) is 3.10. The van der Waals surface area contributed by atoms with E-state index < -0.39 is 0 Å². The fourth-order valence-corrected chi connectivity index (χ4v) is 2.57. The zero-order chi connectivity index (χ0) is 16.2. The van der Waals surface area contributed by atoms with E-state index in [9.17, 15) is 9.18 Å². The molecule has 1 aromatic carbocycles. The highest BCUT2D eigenvalue weighted by atomic mass is 19.1. The van der Waals surface area contributed by atoms with Gasteiger partial charge in [0.25, 0.3) is 5.88 Å². The first-order valence-corrected chi connectivity index (χ1v) is 7.30. The maximum Gasteiger partial charge on any atom is 0.257 e. The van der Waals surface area contributed by atoms with E-state index in [1.807, 2.05) is 4.90 Å². The lowest BCUT2D eigenvalue weighted by Crippen LogP contribution is -2.50. The van der Waals surface area contributed by atoms with Crippen molar-refractivity contribution < 1.29 is 13.9 Å². The van der Waals surface area contributed by atoms with Gasteiger partial charge in [-0.3, -0.25) is 4.79 Å². The number of benzene rings is 1. The summed E-state index contributed by atoms with van der Waals surface area (Å²) in [6.45, 7) is 1.53. The maximum absolute atomic E-state index is 13.7. The molecule has 7 heteroatoms. The quantitative estimate of drug-likeness (QED) is 0.855. The second-order valence-electron chi connectivity index (χ2n) is 5.22. The van der Waals surface area contributed by atoms with Gasteiger partial charge in [-0.15, -0.1) is 0 Å². The van der Waals surface area contributed by atoms with Crippen molar-refractivity contribution in [1.29, 1.82) is 0 Å². The summed E-state index contributed by atoms with van der Waals surface area (Å²) in [5, 5.41) is 0. The minimum atomic E-state index is -0.293. The lowest BCUT2D eigenvalue weighted by atomic mass is 10.2. The van der Waals surface area contributed by atoms with Gasteiger partial charge in [0.2, 0.25) is 5.91 Å². The average Bonchev–Trinajstić information content (AvgIpc) is 2.58. The van der Waals surface area contributed by atoms with Gasteiger partial charge < -0.3 is 14.5 Å². The third-order valence-corrected chi connectivity index (χ3v) is 3.78. The van der Waals surface area contributed by atoms with Crippen LogP contribution < -0.4 is 9.64 Å². The molecule has 2 heterocycles. The molecule has 0 aliphatic carbocycles. The Kier molecular flexibility index (Phi) is 4.36. The lowest BCUT2D eigenvalue weighted by Gasteiger charge is -2.35. The summed E-state index contributed by atoms with van der Waals surface area (Å²) in [6, 6.07) is 6.50. The smallest absolute Gasteiger partial charge is 0.257 e. The van der Waals surface area contributed by atoms with Crippen molar-refractivity contribution in [1.82, 2.24) is 14.9 Å². The van der Waals surface area contributed by atoms with Gasteiger partial charge in [0.05, 0.1) is 13.7 Å². The molecule has 1 fully saturated rings. The Bertz CT molecular complexity index is 710. The van der Waals surface area contributed by atoms with E-state index in [1.54, 1.807) is 35.5 Å². The van der Waals surface area contributed by atoms with E-state index in [-0.39, 0.29) is 24.8 Å². The Morgan fingerprint density at radius 2 is 2.00 bits per heavy atom. The molecule has 0 N–H and O–H groups in total. The van der Waals surface area contributed by atoms with Gasteiger partial charge in [0.15, 0.2) is 5.82 Å². The zero-order valence-corrected chi connectivity index (χ0v) is 12.8. The summed E-state index contributed by atoms with van der Waals surface area (Å²) in [4.78, 5) is 24.2. The lowest BCUT2D eigenvalue weighted by molar-refractivity contribution is -0.131. The minimum Gasteiger partial charge on any atom is -0.478 e. The number of amides is 1. The molecule has 0 spiro atoms.